The Kier molecular flexibility index (Phi) is 22.3. The second-order valence-electron chi connectivity index (χ2n) is 13.4. The van der Waals surface area contributed by atoms with Crippen molar-refractivity contribution in [1.82, 2.24) is 0 Å². The third-order valence-electron chi connectivity index (χ3n) is 8.74. The molecule has 0 aliphatic heterocycles. The van der Waals surface area contributed by atoms with Crippen LogP contribution < -0.4 is 4.74 Å². The highest BCUT2D eigenvalue weighted by Crippen LogP contribution is 2.48. The molecule has 1 N–H and O–H groups in total. The molecule has 0 heterocycles. The fourth-order valence-electron chi connectivity index (χ4n) is 5.83. The minimum atomic E-state index is -0.793. The first-order chi connectivity index (χ1) is 25.0. The Labute approximate surface area is 308 Å². The van der Waals surface area contributed by atoms with E-state index in [0.29, 0.717) is 90.9 Å². The maximum atomic E-state index is 13.1. The zero-order valence-electron chi connectivity index (χ0n) is 31.8. The van der Waals surface area contributed by atoms with Crippen molar-refractivity contribution < 1.29 is 57.7 Å². The average molecular weight is 740 g/mol. The summed E-state index contributed by atoms with van der Waals surface area (Å²) in [5, 5.41) is 21.2. The zero-order chi connectivity index (χ0) is 38.2. The highest BCUT2D eigenvalue weighted by molar-refractivity contribution is 5.75. The van der Waals surface area contributed by atoms with Gasteiger partial charge in [-0.3, -0.25) is 0 Å². The molecule has 0 saturated heterocycles. The molecular formula is C38H61NO13. The van der Waals surface area contributed by atoms with Crippen molar-refractivity contribution >= 4 is 5.97 Å². The molecule has 14 nitrogen and oxygen atoms in total. The van der Waals surface area contributed by atoms with Gasteiger partial charge in [0.05, 0.1) is 85.9 Å². The van der Waals surface area contributed by atoms with Gasteiger partial charge in [0.15, 0.2) is 0 Å². The lowest BCUT2D eigenvalue weighted by Gasteiger charge is -2.33. The second-order valence-corrected chi connectivity index (χ2v) is 13.4. The van der Waals surface area contributed by atoms with Gasteiger partial charge in [-0.25, -0.2) is 4.79 Å². The number of carbonyl (C=O) groups excluding carboxylic acids is 1. The van der Waals surface area contributed by atoms with E-state index in [2.05, 4.69) is 24.4 Å². The summed E-state index contributed by atoms with van der Waals surface area (Å²) in [5.41, 5.74) is 3.08. The Morgan fingerprint density at radius 1 is 0.885 bits per heavy atom. The smallest absolute Gasteiger partial charge is 0.337 e. The molecule has 0 unspecified atom stereocenters. The molecule has 0 bridgehead atoms. The number of benzene rings is 1. The first-order valence-corrected chi connectivity index (χ1v) is 18.1. The number of methoxy groups -OCH3 is 1. The molecule has 1 aliphatic rings. The van der Waals surface area contributed by atoms with Crippen LogP contribution in [-0.4, -0.2) is 116 Å². The van der Waals surface area contributed by atoms with Gasteiger partial charge in [0, 0.05) is 18.6 Å². The van der Waals surface area contributed by atoms with E-state index < -0.39 is 16.5 Å². The number of hydrogen-bond acceptors (Lipinski definition) is 13. The van der Waals surface area contributed by atoms with E-state index in [0.717, 1.165) is 24.0 Å². The summed E-state index contributed by atoms with van der Waals surface area (Å²) >= 11 is 0. The maximum Gasteiger partial charge on any atom is 0.337 e. The molecule has 1 aliphatic carbocycles. The first kappa shape index (κ1) is 45.0. The van der Waals surface area contributed by atoms with Gasteiger partial charge < -0.3 is 47.8 Å². The number of allylic oxidation sites excluding steroid dienone is 3. The van der Waals surface area contributed by atoms with Crippen molar-refractivity contribution in [2.45, 2.75) is 71.1 Å². The van der Waals surface area contributed by atoms with Gasteiger partial charge in [-0.15, -0.1) is 10.1 Å². The summed E-state index contributed by atoms with van der Waals surface area (Å²) in [6.07, 6.45) is 5.77. The quantitative estimate of drug-likeness (QED) is 0.0255. The van der Waals surface area contributed by atoms with Gasteiger partial charge in [0.2, 0.25) is 0 Å². The third-order valence-corrected chi connectivity index (χ3v) is 8.74. The van der Waals surface area contributed by atoms with Crippen LogP contribution in [0.3, 0.4) is 0 Å². The SMILES string of the molecule is C=C(C)[C@H]1CCC(C)=C[C@@H]1c1c(O)cc(C(C)(C)CCCCO[N+](=O)[O-])cc1OC(=O)COCCOCCOCCOCCOCCOCCOC. The zero-order valence-corrected chi connectivity index (χ0v) is 31.8. The van der Waals surface area contributed by atoms with Crippen molar-refractivity contribution in [3.05, 3.63) is 57.2 Å². The first-order valence-electron chi connectivity index (χ1n) is 18.1. The Morgan fingerprint density at radius 2 is 1.42 bits per heavy atom. The number of ether oxygens (including phenoxy) is 8. The molecule has 1 aromatic carbocycles. The number of phenolic OH excluding ortho intramolecular Hbond substituents is 1. The van der Waals surface area contributed by atoms with Crippen LogP contribution in [0.15, 0.2) is 35.9 Å². The lowest BCUT2D eigenvalue weighted by atomic mass is 9.72. The van der Waals surface area contributed by atoms with Crippen LogP contribution in [-0.2, 0) is 48.2 Å². The highest BCUT2D eigenvalue weighted by atomic mass is 16.9. The standard InChI is InChI=1S/C38H61NO13/c1-29(2)32-10-9-30(3)25-33(32)37-34(40)26-31(38(4,5)11-7-8-12-51-39(42)43)27-35(37)52-36(41)28-50-24-23-49-22-21-48-20-19-47-18-17-46-16-15-45-14-13-44-6/h25-27,32-33,40H,1,7-24,28H2,2-6H3/t32-,33+/m1/s1. The molecule has 0 spiro atoms. The van der Waals surface area contributed by atoms with Gasteiger partial charge in [-0.2, -0.15) is 0 Å². The molecule has 14 heteroatoms. The summed E-state index contributed by atoms with van der Waals surface area (Å²) < 4.78 is 43.6. The predicted molar refractivity (Wildman–Crippen MR) is 194 cm³/mol. The summed E-state index contributed by atoms with van der Waals surface area (Å²) in [5.74, 6) is -0.423. The molecule has 0 saturated carbocycles. The minimum absolute atomic E-state index is 0.0189. The van der Waals surface area contributed by atoms with Crippen molar-refractivity contribution in [3.8, 4) is 11.5 Å². The molecule has 296 valence electrons. The number of esters is 1. The van der Waals surface area contributed by atoms with Crippen molar-refractivity contribution in [2.75, 3.05) is 99.6 Å². The van der Waals surface area contributed by atoms with Gasteiger partial charge in [0.1, 0.15) is 18.1 Å². The topological polar surface area (TPSA) is 164 Å². The number of nitrogens with zero attached hydrogens (tertiary/aromatic N) is 1. The number of phenols is 1. The molecule has 1 aromatic rings. The fraction of sp³-hybridized carbons (Fsp3) is 0.711. The number of carbonyl (C=O) groups is 1. The summed E-state index contributed by atoms with van der Waals surface area (Å²) in [6.45, 7) is 17.2. The van der Waals surface area contributed by atoms with Crippen molar-refractivity contribution in [1.29, 1.82) is 0 Å². The van der Waals surface area contributed by atoms with Crippen LogP contribution in [0.4, 0.5) is 0 Å². The van der Waals surface area contributed by atoms with E-state index in [4.69, 9.17) is 37.9 Å². The van der Waals surface area contributed by atoms with Crippen molar-refractivity contribution in [3.63, 3.8) is 0 Å². The number of aromatic hydroxyl groups is 1. The molecule has 2 atom stereocenters. The van der Waals surface area contributed by atoms with Crippen LogP contribution >= 0.6 is 0 Å². The molecule has 52 heavy (non-hydrogen) atoms. The van der Waals surface area contributed by atoms with Crippen molar-refractivity contribution in [2.24, 2.45) is 5.92 Å². The van der Waals surface area contributed by atoms with Gasteiger partial charge in [-0.05, 0) is 68.6 Å². The van der Waals surface area contributed by atoms with Crippen LogP contribution in [0.2, 0.25) is 0 Å². The average Bonchev–Trinajstić information content (AvgIpc) is 3.08. The Balaban J connectivity index is 1.82. The maximum absolute atomic E-state index is 13.1. The lowest BCUT2D eigenvalue weighted by molar-refractivity contribution is -0.757. The van der Waals surface area contributed by atoms with Gasteiger partial charge in [-0.1, -0.05) is 44.1 Å². The van der Waals surface area contributed by atoms with E-state index in [1.807, 2.05) is 26.8 Å². The molecule has 0 aromatic heterocycles. The van der Waals surface area contributed by atoms with Crippen LogP contribution in [0.25, 0.3) is 0 Å². The predicted octanol–water partition coefficient (Wildman–Crippen LogP) is 5.72. The Bertz CT molecular complexity index is 1240. The third kappa shape index (κ3) is 18.1. The molecule has 0 amide bonds. The van der Waals surface area contributed by atoms with Crippen LogP contribution in [0, 0.1) is 16.0 Å². The van der Waals surface area contributed by atoms with Gasteiger partial charge >= 0.3 is 5.97 Å². The summed E-state index contributed by atoms with van der Waals surface area (Å²) in [6, 6.07) is 3.55. The Morgan fingerprint density at radius 3 is 1.94 bits per heavy atom. The number of unbranched alkanes of at least 4 members (excludes halogenated alkanes) is 1. The highest BCUT2D eigenvalue weighted by Gasteiger charge is 2.33. The van der Waals surface area contributed by atoms with E-state index in [9.17, 15) is 20.0 Å². The Hall–Kier alpha value is -3.11. The van der Waals surface area contributed by atoms with E-state index in [-0.39, 0.29) is 49.8 Å². The summed E-state index contributed by atoms with van der Waals surface area (Å²) in [4.78, 5) is 28.0. The molecule has 0 radical (unpaired) electrons. The van der Waals surface area contributed by atoms with Crippen LogP contribution in [0.1, 0.15) is 76.8 Å². The normalized spacial score (nSPS) is 16.1. The number of hydrogen-bond donors (Lipinski definition) is 1. The number of rotatable bonds is 30. The molecular weight excluding hydrogens is 678 g/mol. The van der Waals surface area contributed by atoms with E-state index >= 15 is 0 Å². The van der Waals surface area contributed by atoms with Crippen LogP contribution in [0.5, 0.6) is 11.5 Å². The van der Waals surface area contributed by atoms with E-state index in [1.54, 1.807) is 13.2 Å². The summed E-state index contributed by atoms with van der Waals surface area (Å²) in [7, 11) is 1.63. The molecule has 2 rings (SSSR count). The molecule has 0 fully saturated rings. The van der Waals surface area contributed by atoms with E-state index in [1.165, 1.54) is 5.57 Å². The monoisotopic (exact) mass is 739 g/mol. The minimum Gasteiger partial charge on any atom is -0.507 e. The largest absolute Gasteiger partial charge is 0.507 e. The lowest BCUT2D eigenvalue weighted by Crippen LogP contribution is -2.23. The fourth-order valence-corrected chi connectivity index (χ4v) is 5.83. The second kappa shape index (κ2) is 25.8. The van der Waals surface area contributed by atoms with Gasteiger partial charge in [0.25, 0.3) is 5.09 Å².